The molecule has 0 aliphatic carbocycles. The summed E-state index contributed by atoms with van der Waals surface area (Å²) >= 11 is 0. The zero-order chi connectivity index (χ0) is 15.5. The van der Waals surface area contributed by atoms with Crippen molar-refractivity contribution in [2.75, 3.05) is 5.75 Å². The lowest BCUT2D eigenvalue weighted by Gasteiger charge is -2.22. The molecule has 4 nitrogen and oxygen atoms in total. The molecule has 1 aromatic heterocycles. The molecule has 1 aromatic carbocycles. The summed E-state index contributed by atoms with van der Waals surface area (Å²) in [5, 5.41) is 6.32. The Balaban J connectivity index is 1.98. The third-order valence-electron chi connectivity index (χ3n) is 4.12. The maximum atomic E-state index is 11.6. The summed E-state index contributed by atoms with van der Waals surface area (Å²) in [6.45, 7) is 2.22. The van der Waals surface area contributed by atoms with Crippen molar-refractivity contribution in [3.05, 3.63) is 30.0 Å². The molecule has 2 unspecified atom stereocenters. The van der Waals surface area contributed by atoms with Crippen LogP contribution in [0.2, 0.25) is 0 Å². The second-order valence-electron chi connectivity index (χ2n) is 5.67. The Morgan fingerprint density at radius 2 is 2.41 bits per heavy atom. The van der Waals surface area contributed by atoms with E-state index in [-0.39, 0.29) is 0 Å². The van der Waals surface area contributed by atoms with Crippen molar-refractivity contribution >= 4 is 38.4 Å². The molecule has 2 aromatic rings. The van der Waals surface area contributed by atoms with Crippen molar-refractivity contribution in [3.8, 4) is 0 Å². The van der Waals surface area contributed by atoms with Crippen LogP contribution in [0.3, 0.4) is 0 Å². The molecular weight excluding hydrogens is 314 g/mol. The molecule has 22 heavy (non-hydrogen) atoms. The minimum absolute atomic E-state index is 0.396. The second kappa shape index (κ2) is 6.96. The molecule has 1 saturated heterocycles. The third kappa shape index (κ3) is 3.13. The molecule has 0 spiro atoms. The Morgan fingerprint density at radius 1 is 1.55 bits per heavy atom. The van der Waals surface area contributed by atoms with Crippen LogP contribution in [0.5, 0.6) is 0 Å². The van der Waals surface area contributed by atoms with Crippen LogP contribution in [0.25, 0.3) is 10.9 Å². The summed E-state index contributed by atoms with van der Waals surface area (Å²) in [6, 6.07) is 6.02. The topological polar surface area (TPSA) is 60.9 Å². The van der Waals surface area contributed by atoms with Gasteiger partial charge in [-0.3, -0.25) is 9.48 Å². The zero-order valence-electron chi connectivity index (χ0n) is 12.7. The molecule has 6 heteroatoms. The molecule has 1 aliphatic heterocycles. The number of aromatic nitrogens is 2. The van der Waals surface area contributed by atoms with E-state index in [0.29, 0.717) is 16.9 Å². The molecule has 1 fully saturated rings. The molecule has 1 aliphatic rings. The Bertz CT molecular complexity index is 664. The molecule has 118 valence electrons. The standard InChI is InChI=1S/C16H21N3OS2/c1-2-3-7-13(14-8-9-21-22-14)19-10-11-5-4-6-12(16(17)20)15(11)18-19/h4-6,10,13-14H,2-3,7-9H2,1H3,(H2,17,20). The summed E-state index contributed by atoms with van der Waals surface area (Å²) in [4.78, 5) is 11.6. The van der Waals surface area contributed by atoms with Gasteiger partial charge in [-0.2, -0.15) is 5.10 Å². The van der Waals surface area contributed by atoms with E-state index < -0.39 is 5.91 Å². The number of unbranched alkanes of at least 4 members (excludes halogenated alkanes) is 1. The summed E-state index contributed by atoms with van der Waals surface area (Å²) in [7, 11) is 3.94. The van der Waals surface area contributed by atoms with Crippen LogP contribution >= 0.6 is 21.6 Å². The van der Waals surface area contributed by atoms with Crippen molar-refractivity contribution in [2.24, 2.45) is 5.73 Å². The fourth-order valence-electron chi connectivity index (χ4n) is 2.94. The molecule has 2 heterocycles. The first-order valence-corrected chi connectivity index (χ1v) is 10.1. The Hall–Kier alpha value is -1.14. The number of hydrogen-bond donors (Lipinski definition) is 1. The first kappa shape index (κ1) is 15.7. The number of benzene rings is 1. The van der Waals surface area contributed by atoms with E-state index in [1.165, 1.54) is 25.0 Å². The molecule has 1 amide bonds. The summed E-state index contributed by atoms with van der Waals surface area (Å²) in [5.74, 6) is 0.803. The van der Waals surface area contributed by atoms with Gasteiger partial charge in [0.15, 0.2) is 0 Å². The SMILES string of the molecule is CCCCC(C1CCSS1)n1cc2cccc(C(N)=O)c2n1. The van der Waals surface area contributed by atoms with Crippen LogP contribution in [0.1, 0.15) is 49.0 Å². The third-order valence-corrected chi connectivity index (χ3v) is 7.10. The Labute approximate surface area is 138 Å². The first-order chi connectivity index (χ1) is 10.7. The Morgan fingerprint density at radius 3 is 3.09 bits per heavy atom. The zero-order valence-corrected chi connectivity index (χ0v) is 14.3. The van der Waals surface area contributed by atoms with Crippen molar-refractivity contribution < 1.29 is 4.79 Å². The number of carbonyl (C=O) groups excluding carboxylic acids is 1. The molecule has 0 radical (unpaired) electrons. The van der Waals surface area contributed by atoms with Crippen LogP contribution in [-0.2, 0) is 0 Å². The number of nitrogens with zero attached hydrogens (tertiary/aromatic N) is 2. The molecule has 0 bridgehead atoms. The van der Waals surface area contributed by atoms with Gasteiger partial charge in [-0.05, 0) is 18.9 Å². The molecule has 2 atom stereocenters. The van der Waals surface area contributed by atoms with Crippen LogP contribution in [-0.4, -0.2) is 26.7 Å². The largest absolute Gasteiger partial charge is 0.366 e. The predicted octanol–water partition coefficient (Wildman–Crippen LogP) is 4.02. The lowest BCUT2D eigenvalue weighted by molar-refractivity contribution is 0.100. The van der Waals surface area contributed by atoms with E-state index in [1.807, 2.05) is 33.7 Å². The second-order valence-corrected chi connectivity index (χ2v) is 8.40. The van der Waals surface area contributed by atoms with Crippen LogP contribution < -0.4 is 5.73 Å². The van der Waals surface area contributed by atoms with Crippen molar-refractivity contribution in [1.29, 1.82) is 0 Å². The van der Waals surface area contributed by atoms with Gasteiger partial charge in [-0.25, -0.2) is 0 Å². The van der Waals surface area contributed by atoms with Gasteiger partial charge in [0, 0.05) is 22.6 Å². The molecule has 3 rings (SSSR count). The van der Waals surface area contributed by atoms with Crippen molar-refractivity contribution in [2.45, 2.75) is 43.9 Å². The smallest absolute Gasteiger partial charge is 0.250 e. The monoisotopic (exact) mass is 335 g/mol. The number of carbonyl (C=O) groups is 1. The van der Waals surface area contributed by atoms with Crippen LogP contribution in [0.4, 0.5) is 0 Å². The van der Waals surface area contributed by atoms with E-state index in [1.54, 1.807) is 6.07 Å². The number of hydrogen-bond acceptors (Lipinski definition) is 4. The average molecular weight is 335 g/mol. The lowest BCUT2D eigenvalue weighted by Crippen LogP contribution is -2.20. The number of primary amides is 1. The van der Waals surface area contributed by atoms with Crippen LogP contribution in [0.15, 0.2) is 24.4 Å². The quantitative estimate of drug-likeness (QED) is 0.810. The summed E-state index contributed by atoms with van der Waals surface area (Å²) in [5.41, 5.74) is 6.71. The highest BCUT2D eigenvalue weighted by molar-refractivity contribution is 8.77. The van der Waals surface area contributed by atoms with Crippen molar-refractivity contribution in [3.63, 3.8) is 0 Å². The van der Waals surface area contributed by atoms with Crippen molar-refractivity contribution in [1.82, 2.24) is 9.78 Å². The molecular formula is C16H21N3OS2. The van der Waals surface area contributed by atoms with E-state index in [4.69, 9.17) is 10.8 Å². The first-order valence-electron chi connectivity index (χ1n) is 7.76. The number of amides is 1. The maximum absolute atomic E-state index is 11.6. The van der Waals surface area contributed by atoms with E-state index in [0.717, 1.165) is 17.3 Å². The fourth-order valence-corrected chi connectivity index (χ4v) is 6.09. The van der Waals surface area contributed by atoms with Gasteiger partial charge in [0.2, 0.25) is 0 Å². The number of rotatable bonds is 6. The summed E-state index contributed by atoms with van der Waals surface area (Å²) < 4.78 is 2.08. The van der Waals surface area contributed by atoms with E-state index in [9.17, 15) is 4.79 Å². The minimum atomic E-state index is -0.410. The average Bonchev–Trinajstić information content (AvgIpc) is 3.16. The van der Waals surface area contributed by atoms with Gasteiger partial charge in [-0.1, -0.05) is 53.5 Å². The van der Waals surface area contributed by atoms with Gasteiger partial charge in [0.05, 0.1) is 11.6 Å². The number of fused-ring (bicyclic) bond motifs is 1. The Kier molecular flexibility index (Phi) is 4.98. The highest BCUT2D eigenvalue weighted by atomic mass is 33.1. The van der Waals surface area contributed by atoms with Gasteiger partial charge in [0.25, 0.3) is 5.91 Å². The highest BCUT2D eigenvalue weighted by Gasteiger charge is 2.28. The number of nitrogens with two attached hydrogens (primary N) is 1. The highest BCUT2D eigenvalue weighted by Crippen LogP contribution is 2.44. The van der Waals surface area contributed by atoms with E-state index >= 15 is 0 Å². The maximum Gasteiger partial charge on any atom is 0.250 e. The summed E-state index contributed by atoms with van der Waals surface area (Å²) in [6.07, 6.45) is 6.82. The van der Waals surface area contributed by atoms with Gasteiger partial charge in [0.1, 0.15) is 5.52 Å². The van der Waals surface area contributed by atoms with E-state index in [2.05, 4.69) is 17.8 Å². The normalized spacial score (nSPS) is 19.6. The van der Waals surface area contributed by atoms with Crippen LogP contribution in [0, 0.1) is 0 Å². The molecule has 0 saturated carbocycles. The van der Waals surface area contributed by atoms with Gasteiger partial charge < -0.3 is 5.73 Å². The lowest BCUT2D eigenvalue weighted by atomic mass is 10.0. The molecule has 2 N–H and O–H groups in total. The van der Waals surface area contributed by atoms with Gasteiger partial charge >= 0.3 is 0 Å². The minimum Gasteiger partial charge on any atom is -0.366 e. The fraction of sp³-hybridized carbons (Fsp3) is 0.500. The van der Waals surface area contributed by atoms with Gasteiger partial charge in [-0.15, -0.1) is 0 Å². The predicted molar refractivity (Wildman–Crippen MR) is 95.3 cm³/mol.